The zero-order valence-electron chi connectivity index (χ0n) is 20.5. The van der Waals surface area contributed by atoms with Crippen molar-refractivity contribution in [3.05, 3.63) is 24.8 Å². The minimum Gasteiger partial charge on any atom is -0.446 e. The van der Waals surface area contributed by atoms with Crippen molar-refractivity contribution in [1.82, 2.24) is 0 Å². The summed E-state index contributed by atoms with van der Waals surface area (Å²) in [7, 11) is 0. The van der Waals surface area contributed by atoms with E-state index >= 15 is 0 Å². The minimum atomic E-state index is -1.19. The number of primary amides is 1. The molecule has 0 aliphatic heterocycles. The molecule has 4 heteroatoms. The van der Waals surface area contributed by atoms with E-state index in [-0.39, 0.29) is 0 Å². The van der Waals surface area contributed by atoms with Crippen LogP contribution in [0.25, 0.3) is 0 Å². The summed E-state index contributed by atoms with van der Waals surface area (Å²) in [4.78, 5) is 23.4. The third-order valence-electron chi connectivity index (χ3n) is 6.08. The second-order valence-corrected chi connectivity index (χ2v) is 8.73. The van der Waals surface area contributed by atoms with Crippen LogP contribution in [-0.2, 0) is 14.3 Å². The summed E-state index contributed by atoms with van der Waals surface area (Å²) >= 11 is 0. The standard InChI is InChI=1S/C27H49NO3/c1-4-7-8-9-10-11-12-13-14-15-16-17-18-19-20-21-22-23-24-27(6-3,26(28)30)31-25(29)5-2/h5,15-16H,2,4,6-14,17-24H2,1,3H3,(H2,28,30). The highest BCUT2D eigenvalue weighted by Crippen LogP contribution is 2.24. The molecular weight excluding hydrogens is 386 g/mol. The van der Waals surface area contributed by atoms with Gasteiger partial charge in [-0.25, -0.2) is 4.79 Å². The van der Waals surface area contributed by atoms with Gasteiger partial charge in [0.1, 0.15) is 0 Å². The highest BCUT2D eigenvalue weighted by atomic mass is 16.6. The van der Waals surface area contributed by atoms with Gasteiger partial charge in [0.05, 0.1) is 0 Å². The van der Waals surface area contributed by atoms with E-state index in [0.29, 0.717) is 12.8 Å². The van der Waals surface area contributed by atoms with E-state index in [4.69, 9.17) is 10.5 Å². The smallest absolute Gasteiger partial charge is 0.331 e. The average molecular weight is 436 g/mol. The van der Waals surface area contributed by atoms with Gasteiger partial charge in [-0.3, -0.25) is 4.79 Å². The largest absolute Gasteiger partial charge is 0.446 e. The molecule has 0 fully saturated rings. The first-order chi connectivity index (χ1) is 15.0. The summed E-state index contributed by atoms with van der Waals surface area (Å²) < 4.78 is 5.29. The minimum absolute atomic E-state index is 0.396. The lowest BCUT2D eigenvalue weighted by Crippen LogP contribution is -2.47. The van der Waals surface area contributed by atoms with E-state index in [2.05, 4.69) is 25.7 Å². The van der Waals surface area contributed by atoms with E-state index in [1.54, 1.807) is 0 Å². The number of amides is 1. The molecule has 0 spiro atoms. The fraction of sp³-hybridized carbons (Fsp3) is 0.778. The fourth-order valence-corrected chi connectivity index (χ4v) is 3.89. The van der Waals surface area contributed by atoms with Gasteiger partial charge in [0.15, 0.2) is 5.60 Å². The Balaban J connectivity index is 3.63. The molecule has 0 aromatic heterocycles. The number of unbranched alkanes of at least 4 members (excludes halogenated alkanes) is 14. The second kappa shape index (κ2) is 20.3. The Morgan fingerprint density at radius 1 is 0.774 bits per heavy atom. The average Bonchev–Trinajstić information content (AvgIpc) is 2.77. The van der Waals surface area contributed by atoms with Gasteiger partial charge in [0.25, 0.3) is 5.91 Å². The van der Waals surface area contributed by atoms with Gasteiger partial charge in [0.2, 0.25) is 0 Å². The summed E-state index contributed by atoms with van der Waals surface area (Å²) in [6, 6.07) is 0. The van der Waals surface area contributed by atoms with Crippen LogP contribution in [-0.4, -0.2) is 17.5 Å². The van der Waals surface area contributed by atoms with E-state index in [1.165, 1.54) is 83.5 Å². The first-order valence-corrected chi connectivity index (χ1v) is 12.8. The zero-order chi connectivity index (χ0) is 23.2. The van der Waals surface area contributed by atoms with Crippen molar-refractivity contribution in [2.75, 3.05) is 0 Å². The molecule has 180 valence electrons. The molecule has 31 heavy (non-hydrogen) atoms. The molecular formula is C27H49NO3. The van der Waals surface area contributed by atoms with Crippen molar-refractivity contribution in [3.63, 3.8) is 0 Å². The van der Waals surface area contributed by atoms with Crippen molar-refractivity contribution in [2.45, 2.75) is 135 Å². The molecule has 0 aromatic rings. The van der Waals surface area contributed by atoms with Crippen LogP contribution in [0.4, 0.5) is 0 Å². The topological polar surface area (TPSA) is 69.4 Å². The van der Waals surface area contributed by atoms with E-state index in [9.17, 15) is 9.59 Å². The number of ether oxygens (including phenoxy) is 1. The summed E-state index contributed by atoms with van der Waals surface area (Å²) in [5.41, 5.74) is 4.32. The van der Waals surface area contributed by atoms with Crippen LogP contribution in [0.3, 0.4) is 0 Å². The third kappa shape index (κ3) is 15.8. The van der Waals surface area contributed by atoms with Crippen LogP contribution < -0.4 is 5.73 Å². The third-order valence-corrected chi connectivity index (χ3v) is 6.08. The first-order valence-electron chi connectivity index (χ1n) is 12.8. The Morgan fingerprint density at radius 2 is 1.23 bits per heavy atom. The van der Waals surface area contributed by atoms with Crippen molar-refractivity contribution < 1.29 is 14.3 Å². The Morgan fingerprint density at radius 3 is 1.65 bits per heavy atom. The molecule has 2 N–H and O–H groups in total. The lowest BCUT2D eigenvalue weighted by molar-refractivity contribution is -0.164. The molecule has 0 rings (SSSR count). The van der Waals surface area contributed by atoms with E-state index in [0.717, 1.165) is 25.3 Å². The highest BCUT2D eigenvalue weighted by Gasteiger charge is 2.37. The first kappa shape index (κ1) is 29.4. The SMILES string of the molecule is C=CC(=O)OC(CC)(CCCCCCCCC=CCCCCCCCCCC)C(N)=O. The Labute approximate surface area is 192 Å². The number of hydrogen-bond acceptors (Lipinski definition) is 3. The van der Waals surface area contributed by atoms with Gasteiger partial charge in [0, 0.05) is 6.08 Å². The second-order valence-electron chi connectivity index (χ2n) is 8.73. The van der Waals surface area contributed by atoms with Crippen LogP contribution in [0.2, 0.25) is 0 Å². The van der Waals surface area contributed by atoms with Crippen LogP contribution in [0.5, 0.6) is 0 Å². The summed E-state index contributed by atoms with van der Waals surface area (Å²) in [5, 5.41) is 0. The van der Waals surface area contributed by atoms with Crippen molar-refractivity contribution in [1.29, 1.82) is 0 Å². The lowest BCUT2D eigenvalue weighted by Gasteiger charge is -2.28. The predicted octanol–water partition coefficient (Wildman–Crippen LogP) is 7.56. The van der Waals surface area contributed by atoms with Gasteiger partial charge in [-0.2, -0.15) is 0 Å². The van der Waals surface area contributed by atoms with Crippen molar-refractivity contribution in [2.24, 2.45) is 5.73 Å². The zero-order valence-corrected chi connectivity index (χ0v) is 20.5. The molecule has 4 nitrogen and oxygen atoms in total. The molecule has 0 aromatic carbocycles. The van der Waals surface area contributed by atoms with Crippen molar-refractivity contribution >= 4 is 11.9 Å². The Kier molecular flexibility index (Phi) is 19.3. The molecule has 0 saturated heterocycles. The fourth-order valence-electron chi connectivity index (χ4n) is 3.89. The summed E-state index contributed by atoms with van der Waals surface area (Å²) in [6.45, 7) is 7.48. The van der Waals surface area contributed by atoms with Gasteiger partial charge in [-0.15, -0.1) is 0 Å². The lowest BCUT2D eigenvalue weighted by atomic mass is 9.91. The maximum absolute atomic E-state index is 11.8. The maximum Gasteiger partial charge on any atom is 0.331 e. The maximum atomic E-state index is 11.8. The van der Waals surface area contributed by atoms with Gasteiger partial charge in [-0.1, -0.05) is 103 Å². The quantitative estimate of drug-likeness (QED) is 0.0825. The number of esters is 1. The molecule has 0 radical (unpaired) electrons. The summed E-state index contributed by atoms with van der Waals surface area (Å²) in [5.74, 6) is -1.15. The number of rotatable bonds is 22. The monoisotopic (exact) mass is 435 g/mol. The van der Waals surface area contributed by atoms with Crippen LogP contribution in [0.15, 0.2) is 24.8 Å². The Hall–Kier alpha value is -1.58. The van der Waals surface area contributed by atoms with Crippen LogP contribution in [0, 0.1) is 0 Å². The highest BCUT2D eigenvalue weighted by molar-refractivity contribution is 5.89. The molecule has 0 saturated carbocycles. The summed E-state index contributed by atoms with van der Waals surface area (Å²) in [6.07, 6.45) is 26.8. The number of allylic oxidation sites excluding steroid dienone is 2. The molecule has 1 amide bonds. The van der Waals surface area contributed by atoms with Crippen LogP contribution >= 0.6 is 0 Å². The predicted molar refractivity (Wildman–Crippen MR) is 132 cm³/mol. The Bertz CT molecular complexity index is 501. The van der Waals surface area contributed by atoms with Crippen LogP contribution in [0.1, 0.15) is 129 Å². The van der Waals surface area contributed by atoms with Gasteiger partial charge >= 0.3 is 5.97 Å². The number of hydrogen-bond donors (Lipinski definition) is 1. The normalized spacial score (nSPS) is 13.2. The van der Waals surface area contributed by atoms with Gasteiger partial charge < -0.3 is 10.5 Å². The number of carbonyl (C=O) groups excluding carboxylic acids is 2. The number of carbonyl (C=O) groups is 2. The molecule has 0 aliphatic rings. The van der Waals surface area contributed by atoms with E-state index < -0.39 is 17.5 Å². The van der Waals surface area contributed by atoms with Crippen molar-refractivity contribution in [3.8, 4) is 0 Å². The molecule has 1 unspecified atom stereocenters. The molecule has 0 heterocycles. The van der Waals surface area contributed by atoms with E-state index in [1.807, 2.05) is 6.92 Å². The molecule has 0 aliphatic carbocycles. The molecule has 1 atom stereocenters. The van der Waals surface area contributed by atoms with Gasteiger partial charge in [-0.05, 0) is 44.9 Å². The molecule has 0 bridgehead atoms. The number of nitrogens with two attached hydrogens (primary N) is 1.